The lowest BCUT2D eigenvalue weighted by molar-refractivity contribution is 0.957. The van der Waals surface area contributed by atoms with Gasteiger partial charge in [-0.25, -0.2) is 4.98 Å². The lowest BCUT2D eigenvalue weighted by Crippen LogP contribution is -1.94. The number of rotatable bonds is 1. The summed E-state index contributed by atoms with van der Waals surface area (Å²) in [6, 6.07) is 7.83. The summed E-state index contributed by atoms with van der Waals surface area (Å²) in [5.74, 6) is 0.909. The number of aromatic nitrogens is 3. The molecule has 3 rings (SSSR count). The molecular formula is C14H14N4. The van der Waals surface area contributed by atoms with Gasteiger partial charge < -0.3 is 10.3 Å². The molecule has 0 saturated carbocycles. The van der Waals surface area contributed by atoms with Gasteiger partial charge in [0.1, 0.15) is 5.82 Å². The minimum Gasteiger partial charge on any atom is -0.399 e. The number of nitrogens with zero attached hydrogens (tertiary/aromatic N) is 3. The van der Waals surface area contributed by atoms with Crippen LogP contribution in [-0.2, 0) is 7.05 Å². The monoisotopic (exact) mass is 238 g/mol. The summed E-state index contributed by atoms with van der Waals surface area (Å²) in [7, 11) is 1.99. The summed E-state index contributed by atoms with van der Waals surface area (Å²) in [5, 5.41) is 0. The lowest BCUT2D eigenvalue weighted by Gasteiger charge is -2.03. The second-order valence-corrected chi connectivity index (χ2v) is 4.49. The summed E-state index contributed by atoms with van der Waals surface area (Å²) >= 11 is 0. The van der Waals surface area contributed by atoms with Crippen molar-refractivity contribution < 1.29 is 0 Å². The zero-order valence-electron chi connectivity index (χ0n) is 10.4. The minimum atomic E-state index is 0.749. The van der Waals surface area contributed by atoms with E-state index in [1.165, 1.54) is 0 Å². The van der Waals surface area contributed by atoms with Crippen molar-refractivity contribution in [2.45, 2.75) is 6.92 Å². The predicted octanol–water partition coefficient (Wildman–Crippen LogP) is 2.53. The Bertz CT molecular complexity index is 728. The van der Waals surface area contributed by atoms with Crippen LogP contribution in [0.1, 0.15) is 5.56 Å². The molecule has 0 saturated heterocycles. The summed E-state index contributed by atoms with van der Waals surface area (Å²) < 4.78 is 2.04. The molecule has 0 bridgehead atoms. The number of nitrogens with two attached hydrogens (primary N) is 1. The van der Waals surface area contributed by atoms with Crippen LogP contribution in [0.2, 0.25) is 0 Å². The highest BCUT2D eigenvalue weighted by molar-refractivity contribution is 5.83. The molecule has 0 aliphatic carbocycles. The fourth-order valence-electron chi connectivity index (χ4n) is 2.14. The van der Waals surface area contributed by atoms with Crippen LogP contribution < -0.4 is 5.73 Å². The maximum Gasteiger partial charge on any atom is 0.142 e. The van der Waals surface area contributed by atoms with Crippen molar-refractivity contribution >= 4 is 16.7 Å². The van der Waals surface area contributed by atoms with Crippen LogP contribution >= 0.6 is 0 Å². The van der Waals surface area contributed by atoms with Gasteiger partial charge >= 0.3 is 0 Å². The number of imidazole rings is 1. The van der Waals surface area contributed by atoms with Crippen LogP contribution in [0.4, 0.5) is 5.69 Å². The van der Waals surface area contributed by atoms with Gasteiger partial charge in [-0.15, -0.1) is 0 Å². The van der Waals surface area contributed by atoms with Gasteiger partial charge in [-0.05, 0) is 36.8 Å². The average molecular weight is 238 g/mol. The first-order chi connectivity index (χ1) is 8.65. The molecule has 18 heavy (non-hydrogen) atoms. The van der Waals surface area contributed by atoms with Crippen LogP contribution in [-0.4, -0.2) is 14.5 Å². The van der Waals surface area contributed by atoms with Crippen molar-refractivity contribution in [2.24, 2.45) is 7.05 Å². The SMILES string of the molecule is Cc1cncc(-c2nc3ccc(N)cc3n2C)c1. The molecule has 0 aliphatic heterocycles. The zero-order valence-corrected chi connectivity index (χ0v) is 10.4. The molecular weight excluding hydrogens is 224 g/mol. The van der Waals surface area contributed by atoms with E-state index in [1.54, 1.807) is 0 Å². The van der Waals surface area contributed by atoms with Crippen LogP contribution in [0.25, 0.3) is 22.4 Å². The normalized spacial score (nSPS) is 11.0. The van der Waals surface area contributed by atoms with E-state index in [-0.39, 0.29) is 0 Å². The first-order valence-electron chi connectivity index (χ1n) is 5.79. The molecule has 4 heteroatoms. The summed E-state index contributed by atoms with van der Waals surface area (Å²) in [5.41, 5.74) is 10.7. The molecule has 2 aromatic heterocycles. The highest BCUT2D eigenvalue weighted by atomic mass is 15.1. The Morgan fingerprint density at radius 2 is 2.00 bits per heavy atom. The molecule has 2 N–H and O–H groups in total. The van der Waals surface area contributed by atoms with Crippen molar-refractivity contribution in [3.05, 3.63) is 42.2 Å². The summed E-state index contributed by atoms with van der Waals surface area (Å²) in [6.07, 6.45) is 3.67. The highest BCUT2D eigenvalue weighted by Gasteiger charge is 2.10. The molecule has 3 aromatic rings. The maximum atomic E-state index is 5.81. The van der Waals surface area contributed by atoms with Gasteiger partial charge in [0.15, 0.2) is 0 Å². The molecule has 0 spiro atoms. The molecule has 90 valence electrons. The third kappa shape index (κ3) is 1.62. The largest absolute Gasteiger partial charge is 0.399 e. The second kappa shape index (κ2) is 3.84. The number of benzene rings is 1. The Balaban J connectivity index is 2.27. The van der Waals surface area contributed by atoms with Gasteiger partial charge in [0, 0.05) is 30.7 Å². The number of aryl methyl sites for hydroxylation is 2. The molecule has 0 atom stereocenters. The van der Waals surface area contributed by atoms with Crippen molar-refractivity contribution in [3.63, 3.8) is 0 Å². The number of hydrogen-bond donors (Lipinski definition) is 1. The Labute approximate surface area is 105 Å². The van der Waals surface area contributed by atoms with E-state index in [0.29, 0.717) is 0 Å². The van der Waals surface area contributed by atoms with Crippen molar-refractivity contribution in [3.8, 4) is 11.4 Å². The number of pyridine rings is 1. The topological polar surface area (TPSA) is 56.7 Å². The van der Waals surface area contributed by atoms with Gasteiger partial charge in [0.25, 0.3) is 0 Å². The van der Waals surface area contributed by atoms with Gasteiger partial charge in [0.2, 0.25) is 0 Å². The average Bonchev–Trinajstić information content (AvgIpc) is 2.67. The molecule has 0 unspecified atom stereocenters. The third-order valence-electron chi connectivity index (χ3n) is 3.04. The van der Waals surface area contributed by atoms with E-state index in [9.17, 15) is 0 Å². The van der Waals surface area contributed by atoms with Crippen LogP contribution in [0, 0.1) is 6.92 Å². The minimum absolute atomic E-state index is 0.749. The number of hydrogen-bond acceptors (Lipinski definition) is 3. The molecule has 0 radical (unpaired) electrons. The lowest BCUT2D eigenvalue weighted by atomic mass is 10.2. The van der Waals surface area contributed by atoms with Crippen LogP contribution in [0.3, 0.4) is 0 Å². The Morgan fingerprint density at radius 3 is 2.78 bits per heavy atom. The van der Waals surface area contributed by atoms with Crippen molar-refractivity contribution in [1.29, 1.82) is 0 Å². The molecule has 0 aliphatic rings. The molecule has 0 fully saturated rings. The van der Waals surface area contributed by atoms with E-state index < -0.39 is 0 Å². The standard InChI is InChI=1S/C14H14N4/c1-9-5-10(8-16-7-9)14-17-12-4-3-11(15)6-13(12)18(14)2/h3-8H,15H2,1-2H3. The Kier molecular flexibility index (Phi) is 2.30. The molecule has 4 nitrogen and oxygen atoms in total. The number of nitrogen functional groups attached to an aromatic ring is 1. The van der Waals surface area contributed by atoms with Crippen LogP contribution in [0.15, 0.2) is 36.7 Å². The van der Waals surface area contributed by atoms with E-state index in [2.05, 4.69) is 16.0 Å². The van der Waals surface area contributed by atoms with E-state index in [0.717, 1.165) is 33.7 Å². The Hall–Kier alpha value is -2.36. The predicted molar refractivity (Wildman–Crippen MR) is 73.1 cm³/mol. The van der Waals surface area contributed by atoms with E-state index in [1.807, 2.05) is 49.1 Å². The maximum absolute atomic E-state index is 5.81. The first kappa shape index (κ1) is 10.8. The fraction of sp³-hybridized carbons (Fsp3) is 0.143. The molecule has 0 amide bonds. The van der Waals surface area contributed by atoms with E-state index in [4.69, 9.17) is 5.73 Å². The van der Waals surface area contributed by atoms with Gasteiger partial charge in [-0.1, -0.05) is 0 Å². The second-order valence-electron chi connectivity index (χ2n) is 4.49. The fourth-order valence-corrected chi connectivity index (χ4v) is 2.14. The number of anilines is 1. The highest BCUT2D eigenvalue weighted by Crippen LogP contribution is 2.24. The van der Waals surface area contributed by atoms with Gasteiger partial charge in [0.05, 0.1) is 11.0 Å². The first-order valence-corrected chi connectivity index (χ1v) is 5.79. The van der Waals surface area contributed by atoms with Gasteiger partial charge in [-0.3, -0.25) is 4.98 Å². The van der Waals surface area contributed by atoms with Crippen molar-refractivity contribution in [2.75, 3.05) is 5.73 Å². The molecule has 1 aromatic carbocycles. The summed E-state index contributed by atoms with van der Waals surface area (Å²) in [6.45, 7) is 2.02. The smallest absolute Gasteiger partial charge is 0.142 e. The number of fused-ring (bicyclic) bond motifs is 1. The third-order valence-corrected chi connectivity index (χ3v) is 3.04. The van der Waals surface area contributed by atoms with E-state index >= 15 is 0 Å². The van der Waals surface area contributed by atoms with Gasteiger partial charge in [-0.2, -0.15) is 0 Å². The zero-order chi connectivity index (χ0) is 12.7. The van der Waals surface area contributed by atoms with Crippen LogP contribution in [0.5, 0.6) is 0 Å². The summed E-state index contributed by atoms with van der Waals surface area (Å²) in [4.78, 5) is 8.84. The molecule has 2 heterocycles. The Morgan fingerprint density at radius 1 is 1.17 bits per heavy atom. The quantitative estimate of drug-likeness (QED) is 0.663. The van der Waals surface area contributed by atoms with Crippen molar-refractivity contribution in [1.82, 2.24) is 14.5 Å².